The van der Waals surface area contributed by atoms with Gasteiger partial charge in [-0.15, -0.1) is 0 Å². The Morgan fingerprint density at radius 1 is 1.00 bits per heavy atom. The van der Waals surface area contributed by atoms with E-state index in [4.69, 9.17) is 14.2 Å². The van der Waals surface area contributed by atoms with E-state index < -0.39 is 0 Å². The predicted octanol–water partition coefficient (Wildman–Crippen LogP) is 2.86. The van der Waals surface area contributed by atoms with Crippen LogP contribution >= 0.6 is 0 Å². The number of nitrogens with zero attached hydrogens (tertiary/aromatic N) is 2. The molecule has 0 unspecified atom stereocenters. The summed E-state index contributed by atoms with van der Waals surface area (Å²) in [6.07, 6.45) is 0. The molecular formula is C22H29N3O4. The summed E-state index contributed by atoms with van der Waals surface area (Å²) in [7, 11) is 3.17. The Labute approximate surface area is 172 Å². The predicted molar refractivity (Wildman–Crippen MR) is 114 cm³/mol. The van der Waals surface area contributed by atoms with Crippen LogP contribution in [0.4, 0.5) is 11.4 Å². The van der Waals surface area contributed by atoms with E-state index in [1.165, 1.54) is 0 Å². The molecule has 0 aliphatic carbocycles. The first-order valence-electron chi connectivity index (χ1n) is 9.85. The molecule has 1 heterocycles. The Balaban J connectivity index is 1.55. The van der Waals surface area contributed by atoms with Crippen molar-refractivity contribution in [3.8, 4) is 17.2 Å². The summed E-state index contributed by atoms with van der Waals surface area (Å²) in [6.45, 7) is 6.28. The van der Waals surface area contributed by atoms with Crippen molar-refractivity contribution in [3.63, 3.8) is 0 Å². The fourth-order valence-electron chi connectivity index (χ4n) is 3.45. The molecule has 1 aliphatic heterocycles. The second-order valence-electron chi connectivity index (χ2n) is 6.78. The molecule has 0 bridgehead atoms. The lowest BCUT2D eigenvalue weighted by atomic mass is 10.2. The van der Waals surface area contributed by atoms with Crippen molar-refractivity contribution in [1.82, 2.24) is 4.90 Å². The van der Waals surface area contributed by atoms with E-state index in [2.05, 4.69) is 21.2 Å². The summed E-state index contributed by atoms with van der Waals surface area (Å²) in [4.78, 5) is 17.0. The van der Waals surface area contributed by atoms with Crippen molar-refractivity contribution in [3.05, 3.63) is 42.5 Å². The van der Waals surface area contributed by atoms with Gasteiger partial charge in [-0.1, -0.05) is 12.1 Å². The van der Waals surface area contributed by atoms with E-state index in [-0.39, 0.29) is 5.91 Å². The lowest BCUT2D eigenvalue weighted by molar-refractivity contribution is -0.117. The highest BCUT2D eigenvalue weighted by atomic mass is 16.5. The molecule has 0 aromatic heterocycles. The van der Waals surface area contributed by atoms with Gasteiger partial charge in [0.05, 0.1) is 38.7 Å². The van der Waals surface area contributed by atoms with Crippen molar-refractivity contribution >= 4 is 17.3 Å². The quantitative estimate of drug-likeness (QED) is 0.737. The average Bonchev–Trinajstić information content (AvgIpc) is 2.75. The van der Waals surface area contributed by atoms with Crippen LogP contribution in [0, 0.1) is 0 Å². The maximum atomic E-state index is 12.6. The first-order valence-corrected chi connectivity index (χ1v) is 9.85. The number of para-hydroxylation sites is 2. The molecule has 29 heavy (non-hydrogen) atoms. The molecule has 7 heteroatoms. The summed E-state index contributed by atoms with van der Waals surface area (Å²) in [5, 5.41) is 2.93. The summed E-state index contributed by atoms with van der Waals surface area (Å²) in [6, 6.07) is 13.4. The van der Waals surface area contributed by atoms with Crippen LogP contribution in [0.3, 0.4) is 0 Å². The standard InChI is InChI=1S/C22H29N3O4/c1-4-29-21-8-6-5-7-19(21)25-13-11-24(12-14-25)16-22(26)23-18-15-17(27-2)9-10-20(18)28-3/h5-10,15H,4,11-14,16H2,1-3H3,(H,23,26). The summed E-state index contributed by atoms with van der Waals surface area (Å²) in [5.41, 5.74) is 1.72. The van der Waals surface area contributed by atoms with Crippen LogP contribution in [0.2, 0.25) is 0 Å². The van der Waals surface area contributed by atoms with Crippen LogP contribution < -0.4 is 24.4 Å². The minimum Gasteiger partial charge on any atom is -0.497 e. The number of anilines is 2. The number of nitrogens with one attached hydrogen (secondary N) is 1. The van der Waals surface area contributed by atoms with Crippen molar-refractivity contribution in [1.29, 1.82) is 0 Å². The van der Waals surface area contributed by atoms with Crippen LogP contribution in [-0.2, 0) is 4.79 Å². The smallest absolute Gasteiger partial charge is 0.238 e. The summed E-state index contributed by atoms with van der Waals surface area (Å²) >= 11 is 0. The molecule has 1 fully saturated rings. The zero-order valence-corrected chi connectivity index (χ0v) is 17.3. The van der Waals surface area contributed by atoms with Gasteiger partial charge < -0.3 is 24.4 Å². The number of carbonyl (C=O) groups excluding carboxylic acids is 1. The molecule has 1 amide bonds. The number of piperazine rings is 1. The van der Waals surface area contributed by atoms with E-state index in [0.717, 1.165) is 37.6 Å². The number of methoxy groups -OCH3 is 2. The summed E-state index contributed by atoms with van der Waals surface area (Å²) in [5.74, 6) is 2.12. The molecule has 0 saturated carbocycles. The second-order valence-corrected chi connectivity index (χ2v) is 6.78. The molecule has 3 rings (SSSR count). The molecule has 156 valence electrons. The molecule has 1 saturated heterocycles. The number of carbonyl (C=O) groups is 1. The van der Waals surface area contributed by atoms with Crippen LogP contribution in [0.5, 0.6) is 17.2 Å². The maximum absolute atomic E-state index is 12.6. The third-order valence-electron chi connectivity index (χ3n) is 4.93. The topological polar surface area (TPSA) is 63.3 Å². The van der Waals surface area contributed by atoms with E-state index in [1.54, 1.807) is 32.4 Å². The Morgan fingerprint density at radius 3 is 2.45 bits per heavy atom. The Morgan fingerprint density at radius 2 is 1.76 bits per heavy atom. The molecular weight excluding hydrogens is 370 g/mol. The van der Waals surface area contributed by atoms with Gasteiger partial charge in [-0.3, -0.25) is 9.69 Å². The molecule has 2 aromatic carbocycles. The summed E-state index contributed by atoms with van der Waals surface area (Å²) < 4.78 is 16.3. The van der Waals surface area contributed by atoms with Crippen LogP contribution in [0.15, 0.2) is 42.5 Å². The van der Waals surface area contributed by atoms with E-state index in [0.29, 0.717) is 30.3 Å². The van der Waals surface area contributed by atoms with Crippen LogP contribution in [-0.4, -0.2) is 64.4 Å². The van der Waals surface area contributed by atoms with Gasteiger partial charge in [-0.2, -0.15) is 0 Å². The van der Waals surface area contributed by atoms with Gasteiger partial charge in [0.25, 0.3) is 0 Å². The lowest BCUT2D eigenvalue weighted by Gasteiger charge is -2.36. The minimum atomic E-state index is -0.0697. The number of hydrogen-bond donors (Lipinski definition) is 1. The lowest BCUT2D eigenvalue weighted by Crippen LogP contribution is -2.48. The Kier molecular flexibility index (Phi) is 7.19. The number of ether oxygens (including phenoxy) is 3. The molecule has 7 nitrogen and oxygen atoms in total. The highest BCUT2D eigenvalue weighted by Gasteiger charge is 2.21. The maximum Gasteiger partial charge on any atom is 0.238 e. The molecule has 2 aromatic rings. The van der Waals surface area contributed by atoms with Gasteiger partial charge in [0.2, 0.25) is 5.91 Å². The van der Waals surface area contributed by atoms with E-state index >= 15 is 0 Å². The highest BCUT2D eigenvalue weighted by molar-refractivity contribution is 5.94. The SMILES string of the molecule is CCOc1ccccc1N1CCN(CC(=O)Nc2cc(OC)ccc2OC)CC1. The van der Waals surface area contributed by atoms with Crippen molar-refractivity contribution in [2.75, 3.05) is 63.8 Å². The number of rotatable bonds is 8. The highest BCUT2D eigenvalue weighted by Crippen LogP contribution is 2.30. The third-order valence-corrected chi connectivity index (χ3v) is 4.93. The van der Waals surface area contributed by atoms with Crippen molar-refractivity contribution in [2.24, 2.45) is 0 Å². The van der Waals surface area contributed by atoms with Crippen LogP contribution in [0.1, 0.15) is 6.92 Å². The molecule has 0 atom stereocenters. The van der Waals surface area contributed by atoms with Gasteiger partial charge in [-0.05, 0) is 31.2 Å². The van der Waals surface area contributed by atoms with Gasteiger partial charge in [0, 0.05) is 32.2 Å². The molecule has 0 spiro atoms. The average molecular weight is 399 g/mol. The van der Waals surface area contributed by atoms with Crippen molar-refractivity contribution < 1.29 is 19.0 Å². The fraction of sp³-hybridized carbons (Fsp3) is 0.409. The van der Waals surface area contributed by atoms with Crippen molar-refractivity contribution in [2.45, 2.75) is 6.92 Å². The fourth-order valence-corrected chi connectivity index (χ4v) is 3.45. The zero-order valence-electron chi connectivity index (χ0n) is 17.3. The normalized spacial score (nSPS) is 14.4. The second kappa shape index (κ2) is 10.0. The van der Waals surface area contributed by atoms with Gasteiger partial charge >= 0.3 is 0 Å². The van der Waals surface area contributed by atoms with E-state index in [9.17, 15) is 4.79 Å². The largest absolute Gasteiger partial charge is 0.497 e. The van der Waals surface area contributed by atoms with Gasteiger partial charge in [0.15, 0.2) is 0 Å². The molecule has 1 N–H and O–H groups in total. The molecule has 0 radical (unpaired) electrons. The number of hydrogen-bond acceptors (Lipinski definition) is 6. The molecule has 1 aliphatic rings. The Hall–Kier alpha value is -2.93. The van der Waals surface area contributed by atoms with Gasteiger partial charge in [0.1, 0.15) is 17.2 Å². The first-order chi connectivity index (χ1) is 14.1. The number of benzene rings is 2. The van der Waals surface area contributed by atoms with Crippen LogP contribution in [0.25, 0.3) is 0 Å². The number of amides is 1. The third kappa shape index (κ3) is 5.32. The van der Waals surface area contributed by atoms with Gasteiger partial charge in [-0.25, -0.2) is 0 Å². The monoisotopic (exact) mass is 399 g/mol. The minimum absolute atomic E-state index is 0.0697. The zero-order chi connectivity index (χ0) is 20.6. The van der Waals surface area contributed by atoms with E-state index in [1.807, 2.05) is 25.1 Å². The Bertz CT molecular complexity index is 819. The first kappa shape index (κ1) is 20.8.